The second-order valence-corrected chi connectivity index (χ2v) is 21.3. The Morgan fingerprint density at radius 1 is 0.253 bits per heavy atom. The van der Waals surface area contributed by atoms with Gasteiger partial charge < -0.3 is 14.2 Å². The zero-order valence-electron chi connectivity index (χ0n) is 53.1. The quantitative estimate of drug-likeness (QED) is 0.0261. The van der Waals surface area contributed by atoms with Crippen LogP contribution in [-0.4, -0.2) is 37.2 Å². The fourth-order valence-electron chi connectivity index (χ4n) is 8.46. The predicted molar refractivity (Wildman–Crippen MR) is 361 cm³/mol. The molecule has 0 rings (SSSR count). The molecule has 83 heavy (non-hydrogen) atoms. The fraction of sp³-hybridized carbons (Fsp3) is 0.571. The topological polar surface area (TPSA) is 78.9 Å². The highest BCUT2D eigenvalue weighted by Crippen LogP contribution is 2.13. The van der Waals surface area contributed by atoms with Crippen LogP contribution >= 0.6 is 0 Å². The Morgan fingerprint density at radius 3 is 0.747 bits per heavy atom. The fourth-order valence-corrected chi connectivity index (χ4v) is 8.46. The lowest BCUT2D eigenvalue weighted by atomic mass is 10.1. The SMILES string of the molecule is CC/C=C\C/C=C\C/C=C\C/C=C\C/C=C\C/C=C\C/C=C\CCCCCCCC(=O)OCC(COC(=O)CCCCCCCC/C=C\C/C=C\C/C=C\CCCCC)OC(=O)CCCCC/C=C\C/C=C\C/C=C\C/C=C\C/C=C\CC. The van der Waals surface area contributed by atoms with Crippen molar-refractivity contribution in [1.29, 1.82) is 0 Å². The lowest BCUT2D eigenvalue weighted by molar-refractivity contribution is -0.167. The highest BCUT2D eigenvalue weighted by Gasteiger charge is 2.19. The molecule has 0 aliphatic heterocycles. The van der Waals surface area contributed by atoms with Crippen LogP contribution < -0.4 is 0 Å². The number of esters is 3. The monoisotopic (exact) mass is 1140 g/mol. The number of carbonyl (C=O) groups is 3. The molecule has 0 aromatic rings. The Balaban J connectivity index is 4.53. The molecule has 0 saturated heterocycles. The van der Waals surface area contributed by atoms with Gasteiger partial charge in [0.25, 0.3) is 0 Å². The van der Waals surface area contributed by atoms with Crippen molar-refractivity contribution < 1.29 is 28.6 Å². The lowest BCUT2D eigenvalue weighted by Crippen LogP contribution is -2.30. The summed E-state index contributed by atoms with van der Waals surface area (Å²) in [6.45, 7) is 6.33. The van der Waals surface area contributed by atoms with Crippen LogP contribution in [0.3, 0.4) is 0 Å². The Labute approximate surface area is 510 Å². The van der Waals surface area contributed by atoms with Gasteiger partial charge in [-0.2, -0.15) is 0 Å². The molecular weight excluding hydrogens is 1020 g/mol. The molecule has 0 fully saturated rings. The Bertz CT molecular complexity index is 1940. The third-order valence-electron chi connectivity index (χ3n) is 13.4. The molecule has 0 radical (unpaired) electrons. The van der Waals surface area contributed by atoms with Crippen molar-refractivity contribution in [1.82, 2.24) is 0 Å². The minimum Gasteiger partial charge on any atom is -0.462 e. The van der Waals surface area contributed by atoms with Gasteiger partial charge in [-0.1, -0.05) is 267 Å². The van der Waals surface area contributed by atoms with Crippen LogP contribution in [0.2, 0.25) is 0 Å². The van der Waals surface area contributed by atoms with Gasteiger partial charge in [0.05, 0.1) is 0 Å². The third kappa shape index (κ3) is 67.2. The van der Waals surface area contributed by atoms with Crippen molar-refractivity contribution in [3.63, 3.8) is 0 Å². The number of unbranched alkanes of at least 4 members (excludes halogenated alkanes) is 17. The van der Waals surface area contributed by atoms with Gasteiger partial charge in [-0.25, -0.2) is 0 Å². The summed E-state index contributed by atoms with van der Waals surface area (Å²) in [6.07, 6.45) is 103. The molecule has 0 aliphatic rings. The lowest BCUT2D eigenvalue weighted by Gasteiger charge is -2.18. The van der Waals surface area contributed by atoms with Gasteiger partial charge >= 0.3 is 17.9 Å². The maximum absolute atomic E-state index is 12.9. The molecule has 0 heterocycles. The van der Waals surface area contributed by atoms with Gasteiger partial charge in [-0.05, 0) is 161 Å². The van der Waals surface area contributed by atoms with Gasteiger partial charge in [0, 0.05) is 19.3 Å². The molecule has 0 bridgehead atoms. The molecule has 6 heteroatoms. The van der Waals surface area contributed by atoms with E-state index in [2.05, 4.69) is 203 Å². The Kier molecular flexibility index (Phi) is 64.4. The molecule has 0 spiro atoms. The molecule has 1 unspecified atom stereocenters. The largest absolute Gasteiger partial charge is 0.462 e. The van der Waals surface area contributed by atoms with Crippen LogP contribution in [0.5, 0.6) is 0 Å². The van der Waals surface area contributed by atoms with E-state index in [4.69, 9.17) is 14.2 Å². The summed E-state index contributed by atoms with van der Waals surface area (Å²) in [5, 5.41) is 0. The van der Waals surface area contributed by atoms with E-state index in [-0.39, 0.29) is 37.5 Å². The molecule has 1 atom stereocenters. The third-order valence-corrected chi connectivity index (χ3v) is 13.4. The van der Waals surface area contributed by atoms with Crippen molar-refractivity contribution in [3.05, 3.63) is 182 Å². The number of ether oxygens (including phenoxy) is 3. The first-order valence-corrected chi connectivity index (χ1v) is 33.3. The minimum atomic E-state index is -0.823. The van der Waals surface area contributed by atoms with Gasteiger partial charge in [0.1, 0.15) is 13.2 Å². The molecule has 0 amide bonds. The molecule has 0 N–H and O–H groups in total. The van der Waals surface area contributed by atoms with Gasteiger partial charge in [0.15, 0.2) is 6.10 Å². The van der Waals surface area contributed by atoms with E-state index >= 15 is 0 Å². The molecule has 6 nitrogen and oxygen atoms in total. The average Bonchev–Trinajstić information content (AvgIpc) is 3.50. The van der Waals surface area contributed by atoms with Crippen LogP contribution in [0.25, 0.3) is 0 Å². The number of carbonyl (C=O) groups excluding carboxylic acids is 3. The van der Waals surface area contributed by atoms with E-state index in [1.807, 2.05) is 0 Å². The summed E-state index contributed by atoms with van der Waals surface area (Å²) < 4.78 is 16.9. The van der Waals surface area contributed by atoms with Crippen molar-refractivity contribution in [3.8, 4) is 0 Å². The van der Waals surface area contributed by atoms with Gasteiger partial charge in [-0.3, -0.25) is 14.4 Å². The molecule has 0 aromatic heterocycles. The average molecular weight is 1140 g/mol. The molecular formula is C77H120O6. The van der Waals surface area contributed by atoms with E-state index < -0.39 is 6.10 Å². The normalized spacial score (nSPS) is 13.3. The maximum atomic E-state index is 12.9. The van der Waals surface area contributed by atoms with Crippen LogP contribution in [0.15, 0.2) is 182 Å². The second kappa shape index (κ2) is 69.0. The molecule has 464 valence electrons. The molecule has 0 aliphatic carbocycles. The van der Waals surface area contributed by atoms with Crippen molar-refractivity contribution in [2.75, 3.05) is 13.2 Å². The smallest absolute Gasteiger partial charge is 0.306 e. The standard InChI is InChI=1S/C77H120O6/c1-4-7-10-13-16-19-22-25-28-31-34-35-36-37-38-39-40-41-44-46-49-52-55-58-61-64-67-70-76(79)82-73-74(83-77(80)71-68-65-62-59-56-53-50-47-43-33-30-27-24-21-18-15-12-9-6-3)72-81-75(78)69-66-63-60-57-54-51-48-45-42-32-29-26-23-20-17-14-11-8-5-2/h7,9-10,12,16-21,25-30,34-35,37-38,40-43,45-47,49,53,56,74H,4-6,8,11,13-15,22-24,31-33,36,39,44,48,50-52,54-55,57-73H2,1-3H3/b10-7-,12-9-,19-16-,20-17-,21-18-,28-25-,29-26-,30-27-,35-34-,38-37-,41-40-,45-42-,47-43-,49-46-,56-53-. The zero-order valence-corrected chi connectivity index (χ0v) is 53.1. The summed E-state index contributed by atoms with van der Waals surface area (Å²) in [7, 11) is 0. The van der Waals surface area contributed by atoms with Crippen LogP contribution in [0.4, 0.5) is 0 Å². The first kappa shape index (κ1) is 77.5. The van der Waals surface area contributed by atoms with Crippen LogP contribution in [-0.2, 0) is 28.6 Å². The highest BCUT2D eigenvalue weighted by atomic mass is 16.6. The van der Waals surface area contributed by atoms with E-state index in [0.717, 1.165) is 180 Å². The van der Waals surface area contributed by atoms with E-state index in [1.165, 1.54) is 38.5 Å². The van der Waals surface area contributed by atoms with Gasteiger partial charge in [0.2, 0.25) is 0 Å². The number of rotatable bonds is 58. The van der Waals surface area contributed by atoms with E-state index in [1.54, 1.807) is 0 Å². The highest BCUT2D eigenvalue weighted by molar-refractivity contribution is 5.71. The van der Waals surface area contributed by atoms with Crippen LogP contribution in [0.1, 0.15) is 265 Å². The first-order valence-electron chi connectivity index (χ1n) is 33.3. The first-order chi connectivity index (χ1) is 41.0. The summed E-state index contributed by atoms with van der Waals surface area (Å²) in [5.41, 5.74) is 0. The minimum absolute atomic E-state index is 0.114. The predicted octanol–water partition coefficient (Wildman–Crippen LogP) is 23.2. The number of hydrogen-bond acceptors (Lipinski definition) is 6. The van der Waals surface area contributed by atoms with Crippen LogP contribution in [0, 0.1) is 0 Å². The summed E-state index contributed by atoms with van der Waals surface area (Å²) in [4.78, 5) is 38.4. The summed E-state index contributed by atoms with van der Waals surface area (Å²) >= 11 is 0. The number of hydrogen-bond donors (Lipinski definition) is 0. The van der Waals surface area contributed by atoms with Crippen molar-refractivity contribution in [2.24, 2.45) is 0 Å². The van der Waals surface area contributed by atoms with Gasteiger partial charge in [-0.15, -0.1) is 0 Å². The Morgan fingerprint density at radius 2 is 0.470 bits per heavy atom. The molecule has 0 saturated carbocycles. The summed E-state index contributed by atoms with van der Waals surface area (Å²) in [6, 6.07) is 0. The Hall–Kier alpha value is -5.49. The van der Waals surface area contributed by atoms with Crippen molar-refractivity contribution in [2.45, 2.75) is 271 Å². The molecule has 0 aromatic carbocycles. The maximum Gasteiger partial charge on any atom is 0.306 e. The van der Waals surface area contributed by atoms with E-state index in [0.29, 0.717) is 19.3 Å². The van der Waals surface area contributed by atoms with E-state index in [9.17, 15) is 14.4 Å². The summed E-state index contributed by atoms with van der Waals surface area (Å²) in [5.74, 6) is -0.982. The number of allylic oxidation sites excluding steroid dienone is 30. The zero-order chi connectivity index (χ0) is 59.9. The van der Waals surface area contributed by atoms with Crippen molar-refractivity contribution >= 4 is 17.9 Å². The second-order valence-electron chi connectivity index (χ2n) is 21.3.